The Morgan fingerprint density at radius 2 is 1.78 bits per heavy atom. The Labute approximate surface area is 136 Å². The van der Waals surface area contributed by atoms with E-state index >= 15 is 0 Å². The molecule has 0 fully saturated rings. The first kappa shape index (κ1) is 15.4. The van der Waals surface area contributed by atoms with Crippen LogP contribution in [0.1, 0.15) is 27.8 Å². The summed E-state index contributed by atoms with van der Waals surface area (Å²) in [6.45, 7) is 7.52. The van der Waals surface area contributed by atoms with Gasteiger partial charge in [0.05, 0.1) is 5.71 Å². The van der Waals surface area contributed by atoms with E-state index in [-0.39, 0.29) is 0 Å². The Morgan fingerprint density at radius 3 is 2.48 bits per heavy atom. The molecule has 0 amide bonds. The van der Waals surface area contributed by atoms with Gasteiger partial charge in [0.1, 0.15) is 18.9 Å². The predicted molar refractivity (Wildman–Crippen MR) is 92.3 cm³/mol. The van der Waals surface area contributed by atoms with Crippen molar-refractivity contribution in [2.75, 3.05) is 6.54 Å². The second-order valence-electron chi connectivity index (χ2n) is 5.99. The monoisotopic (exact) mass is 307 g/mol. The second-order valence-corrected chi connectivity index (χ2v) is 5.99. The molecule has 0 aromatic heterocycles. The smallest absolute Gasteiger partial charge is 0.123 e. The lowest BCUT2D eigenvalue weighted by Gasteiger charge is -2.14. The van der Waals surface area contributed by atoms with Gasteiger partial charge in [0.2, 0.25) is 0 Å². The summed E-state index contributed by atoms with van der Waals surface area (Å²) in [5.74, 6) is 0.928. The average molecular weight is 307 g/mol. The topological polar surface area (TPSA) is 46.3 Å². The minimum Gasteiger partial charge on any atom is -0.489 e. The van der Waals surface area contributed by atoms with Gasteiger partial charge in [-0.3, -0.25) is 0 Å². The highest BCUT2D eigenvalue weighted by Crippen LogP contribution is 2.23. The van der Waals surface area contributed by atoms with Crippen LogP contribution in [0.4, 0.5) is 0 Å². The van der Waals surface area contributed by atoms with Gasteiger partial charge in [-0.25, -0.2) is 0 Å². The second kappa shape index (κ2) is 6.73. The normalized spacial score (nSPS) is 13.3. The Balaban J connectivity index is 1.74. The van der Waals surface area contributed by atoms with Crippen molar-refractivity contribution in [2.45, 2.75) is 33.8 Å². The van der Waals surface area contributed by atoms with Crippen LogP contribution in [0.2, 0.25) is 0 Å². The lowest BCUT2D eigenvalue weighted by Crippen LogP contribution is -2.05. The van der Waals surface area contributed by atoms with Gasteiger partial charge in [-0.2, -0.15) is 5.11 Å². The van der Waals surface area contributed by atoms with E-state index in [2.05, 4.69) is 72.6 Å². The van der Waals surface area contributed by atoms with Crippen LogP contribution in [0, 0.1) is 20.8 Å². The molecule has 0 aliphatic carbocycles. The molecular formula is C19H21N3O. The van der Waals surface area contributed by atoms with Crippen molar-refractivity contribution < 1.29 is 4.74 Å². The minimum absolute atomic E-state index is 0.592. The van der Waals surface area contributed by atoms with Crippen LogP contribution in [-0.4, -0.2) is 12.3 Å². The van der Waals surface area contributed by atoms with Gasteiger partial charge in [0.25, 0.3) is 0 Å². The molecule has 0 radical (unpaired) electrons. The fourth-order valence-electron chi connectivity index (χ4n) is 2.70. The number of aryl methyl sites for hydroxylation is 3. The van der Waals surface area contributed by atoms with Crippen molar-refractivity contribution in [2.24, 2.45) is 15.4 Å². The third-order valence-corrected chi connectivity index (χ3v) is 4.18. The summed E-state index contributed by atoms with van der Waals surface area (Å²) >= 11 is 0. The van der Waals surface area contributed by atoms with Gasteiger partial charge in [0.15, 0.2) is 0 Å². The molecular weight excluding hydrogens is 286 g/mol. The zero-order valence-corrected chi connectivity index (χ0v) is 13.8. The molecule has 1 heterocycles. The molecule has 118 valence electrons. The Kier molecular flexibility index (Phi) is 4.51. The third-order valence-electron chi connectivity index (χ3n) is 4.18. The van der Waals surface area contributed by atoms with Crippen molar-refractivity contribution in [1.82, 2.24) is 0 Å². The lowest BCUT2D eigenvalue weighted by molar-refractivity contribution is 0.302. The summed E-state index contributed by atoms with van der Waals surface area (Å²) in [5, 5.41) is 11.6. The van der Waals surface area contributed by atoms with E-state index in [0.29, 0.717) is 13.2 Å². The van der Waals surface area contributed by atoms with Gasteiger partial charge in [-0.15, -0.1) is 5.10 Å². The summed E-state index contributed by atoms with van der Waals surface area (Å²) in [6, 6.07) is 12.6. The quantitative estimate of drug-likeness (QED) is 0.799. The first-order valence-electron chi connectivity index (χ1n) is 7.83. The van der Waals surface area contributed by atoms with Crippen LogP contribution >= 0.6 is 0 Å². The van der Waals surface area contributed by atoms with Gasteiger partial charge >= 0.3 is 0 Å². The highest BCUT2D eigenvalue weighted by atomic mass is 16.5. The SMILES string of the molecule is Cc1ccc(CC2=NN=NC2)cc1OCc1c(C)cccc1C. The van der Waals surface area contributed by atoms with Gasteiger partial charge < -0.3 is 4.74 Å². The van der Waals surface area contributed by atoms with Crippen LogP contribution in [0.3, 0.4) is 0 Å². The fourth-order valence-corrected chi connectivity index (χ4v) is 2.70. The van der Waals surface area contributed by atoms with Crippen LogP contribution in [-0.2, 0) is 13.0 Å². The first-order valence-corrected chi connectivity index (χ1v) is 7.83. The summed E-state index contributed by atoms with van der Waals surface area (Å²) in [7, 11) is 0. The summed E-state index contributed by atoms with van der Waals surface area (Å²) < 4.78 is 6.10. The number of ether oxygens (including phenoxy) is 1. The fraction of sp³-hybridized carbons (Fsp3) is 0.316. The van der Waals surface area contributed by atoms with Crippen molar-refractivity contribution in [3.8, 4) is 5.75 Å². The van der Waals surface area contributed by atoms with Crippen LogP contribution < -0.4 is 4.74 Å². The number of hydrogen-bond donors (Lipinski definition) is 0. The molecule has 0 bridgehead atoms. The highest BCUT2D eigenvalue weighted by molar-refractivity contribution is 5.89. The lowest BCUT2D eigenvalue weighted by atomic mass is 10.0. The Bertz CT molecular complexity index is 758. The molecule has 0 unspecified atom stereocenters. The number of nitrogens with zero attached hydrogens (tertiary/aromatic N) is 3. The maximum absolute atomic E-state index is 6.10. The van der Waals surface area contributed by atoms with Crippen molar-refractivity contribution in [1.29, 1.82) is 0 Å². The third kappa shape index (κ3) is 3.65. The zero-order valence-electron chi connectivity index (χ0n) is 13.8. The van der Waals surface area contributed by atoms with Crippen molar-refractivity contribution in [3.05, 3.63) is 64.2 Å². The van der Waals surface area contributed by atoms with E-state index in [1.807, 2.05) is 0 Å². The van der Waals surface area contributed by atoms with E-state index in [0.717, 1.165) is 23.4 Å². The molecule has 0 saturated carbocycles. The van der Waals surface area contributed by atoms with Gasteiger partial charge in [-0.1, -0.05) is 30.3 Å². The van der Waals surface area contributed by atoms with E-state index < -0.39 is 0 Å². The highest BCUT2D eigenvalue weighted by Gasteiger charge is 2.09. The molecule has 0 saturated heterocycles. The molecule has 4 heteroatoms. The molecule has 0 atom stereocenters. The number of hydrogen-bond acceptors (Lipinski definition) is 4. The molecule has 0 N–H and O–H groups in total. The van der Waals surface area contributed by atoms with Gasteiger partial charge in [-0.05, 0) is 59.9 Å². The molecule has 1 aliphatic rings. The predicted octanol–water partition coefficient (Wildman–Crippen LogP) is 4.56. The maximum atomic E-state index is 6.10. The largest absolute Gasteiger partial charge is 0.489 e. The molecule has 0 spiro atoms. The minimum atomic E-state index is 0.592. The first-order chi connectivity index (χ1) is 11.1. The number of benzene rings is 2. The molecule has 3 rings (SSSR count). The molecule has 2 aromatic carbocycles. The molecule has 1 aliphatic heterocycles. The van der Waals surface area contributed by atoms with Crippen LogP contribution in [0.15, 0.2) is 51.8 Å². The molecule has 23 heavy (non-hydrogen) atoms. The molecule has 4 nitrogen and oxygen atoms in total. The summed E-state index contributed by atoms with van der Waals surface area (Å²) in [6.07, 6.45) is 0.771. The average Bonchev–Trinajstić information content (AvgIpc) is 3.02. The van der Waals surface area contributed by atoms with E-state index in [9.17, 15) is 0 Å². The summed E-state index contributed by atoms with van der Waals surface area (Å²) in [5.41, 5.74) is 7.11. The van der Waals surface area contributed by atoms with Crippen molar-refractivity contribution in [3.63, 3.8) is 0 Å². The van der Waals surface area contributed by atoms with E-state index in [1.54, 1.807) is 0 Å². The zero-order chi connectivity index (χ0) is 16.2. The van der Waals surface area contributed by atoms with Crippen molar-refractivity contribution >= 4 is 5.71 Å². The van der Waals surface area contributed by atoms with Crippen LogP contribution in [0.25, 0.3) is 0 Å². The number of rotatable bonds is 5. The van der Waals surface area contributed by atoms with Crippen LogP contribution in [0.5, 0.6) is 5.75 Å². The van der Waals surface area contributed by atoms with Gasteiger partial charge in [0, 0.05) is 6.42 Å². The van der Waals surface area contributed by atoms with E-state index in [4.69, 9.17) is 4.74 Å². The Morgan fingerprint density at radius 1 is 1.00 bits per heavy atom. The van der Waals surface area contributed by atoms with E-state index in [1.165, 1.54) is 22.3 Å². The molecule has 2 aromatic rings. The Hall–Kier alpha value is -2.49. The summed E-state index contributed by atoms with van der Waals surface area (Å²) in [4.78, 5) is 0. The maximum Gasteiger partial charge on any atom is 0.123 e. The standard InChI is InChI=1S/C19H21N3O/c1-13-5-4-6-14(2)18(13)12-23-19-10-16(8-7-15(19)3)9-17-11-20-22-21-17/h4-8,10H,9,11-12H2,1-3H3.